The number of aromatic nitrogens is 2. The summed E-state index contributed by atoms with van der Waals surface area (Å²) >= 11 is 1.20. The molecule has 9 heteroatoms. The fraction of sp³-hybridized carbons (Fsp3) is 0.111. The zero-order chi connectivity index (χ0) is 19.0. The number of hydrogen-bond donors (Lipinski definition) is 3. The number of rotatable bonds is 4. The van der Waals surface area contributed by atoms with Crippen LogP contribution in [0.5, 0.6) is 0 Å². The van der Waals surface area contributed by atoms with Gasteiger partial charge in [-0.05, 0) is 24.3 Å². The van der Waals surface area contributed by atoms with Crippen molar-refractivity contribution in [1.82, 2.24) is 14.9 Å². The Hall–Kier alpha value is -3.46. The molecule has 0 saturated heterocycles. The van der Waals surface area contributed by atoms with Gasteiger partial charge in [0.15, 0.2) is 5.13 Å². The van der Waals surface area contributed by atoms with Gasteiger partial charge in [0.2, 0.25) is 5.91 Å². The van der Waals surface area contributed by atoms with Crippen molar-refractivity contribution >= 4 is 50.9 Å². The molecule has 0 saturated carbocycles. The normalized spacial score (nSPS) is 13.0. The summed E-state index contributed by atoms with van der Waals surface area (Å²) in [6.07, 6.45) is 1.14. The largest absolute Gasteiger partial charge is 0.349 e. The molecule has 3 aromatic rings. The fourth-order valence-electron chi connectivity index (χ4n) is 2.93. The molecule has 4 rings (SSSR count). The average Bonchev–Trinajstić information content (AvgIpc) is 3.26. The SMILES string of the molecule is C=CC(=O)Nc1csc(NC(=O)c2ccc3cc4n(c3c2)CCNC4=O)n1. The molecular weight excluding hydrogens is 366 g/mol. The highest BCUT2D eigenvalue weighted by molar-refractivity contribution is 7.14. The van der Waals surface area contributed by atoms with Crippen molar-refractivity contribution in [1.29, 1.82) is 0 Å². The minimum absolute atomic E-state index is 0.111. The predicted molar refractivity (Wildman–Crippen MR) is 103 cm³/mol. The summed E-state index contributed by atoms with van der Waals surface area (Å²) in [7, 11) is 0. The van der Waals surface area contributed by atoms with Gasteiger partial charge in [-0.1, -0.05) is 12.6 Å². The number of nitrogens with one attached hydrogen (secondary N) is 3. The molecule has 0 bridgehead atoms. The molecule has 1 aliphatic rings. The van der Waals surface area contributed by atoms with Gasteiger partial charge in [-0.2, -0.15) is 0 Å². The number of anilines is 2. The van der Waals surface area contributed by atoms with Crippen LogP contribution < -0.4 is 16.0 Å². The molecule has 0 fully saturated rings. The third-order valence-corrected chi connectivity index (χ3v) is 4.94. The van der Waals surface area contributed by atoms with Crippen LogP contribution >= 0.6 is 11.3 Å². The molecule has 0 unspecified atom stereocenters. The second-order valence-corrected chi connectivity index (χ2v) is 6.75. The van der Waals surface area contributed by atoms with Crippen LogP contribution in [0.25, 0.3) is 10.9 Å². The monoisotopic (exact) mass is 381 g/mol. The molecule has 0 spiro atoms. The molecule has 8 nitrogen and oxygen atoms in total. The number of amides is 3. The lowest BCUT2D eigenvalue weighted by molar-refractivity contribution is -0.111. The summed E-state index contributed by atoms with van der Waals surface area (Å²) in [5.41, 5.74) is 1.89. The van der Waals surface area contributed by atoms with Gasteiger partial charge in [0.25, 0.3) is 11.8 Å². The number of carbonyl (C=O) groups is 3. The highest BCUT2D eigenvalue weighted by Crippen LogP contribution is 2.24. The van der Waals surface area contributed by atoms with E-state index in [1.165, 1.54) is 11.3 Å². The molecule has 0 atom stereocenters. The Morgan fingerprint density at radius 1 is 1.30 bits per heavy atom. The zero-order valence-corrected chi connectivity index (χ0v) is 14.9. The van der Waals surface area contributed by atoms with E-state index in [0.29, 0.717) is 35.3 Å². The third-order valence-electron chi connectivity index (χ3n) is 4.18. The third kappa shape index (κ3) is 3.20. The summed E-state index contributed by atoms with van der Waals surface area (Å²) < 4.78 is 1.91. The average molecular weight is 381 g/mol. The Balaban J connectivity index is 1.57. The van der Waals surface area contributed by atoms with E-state index in [-0.39, 0.29) is 17.7 Å². The zero-order valence-electron chi connectivity index (χ0n) is 14.1. The lowest BCUT2D eigenvalue weighted by Gasteiger charge is -2.16. The number of benzene rings is 1. The second kappa shape index (κ2) is 6.69. The van der Waals surface area contributed by atoms with Crippen molar-refractivity contribution in [3.8, 4) is 0 Å². The summed E-state index contributed by atoms with van der Waals surface area (Å²) in [6.45, 7) is 4.60. The van der Waals surface area contributed by atoms with Crippen LogP contribution in [0.2, 0.25) is 0 Å². The van der Waals surface area contributed by atoms with Gasteiger partial charge in [-0.25, -0.2) is 4.98 Å². The van der Waals surface area contributed by atoms with E-state index >= 15 is 0 Å². The van der Waals surface area contributed by atoms with Gasteiger partial charge in [-0.3, -0.25) is 19.7 Å². The first-order chi connectivity index (χ1) is 13.0. The molecule has 0 aliphatic carbocycles. The van der Waals surface area contributed by atoms with Crippen LogP contribution in [0.3, 0.4) is 0 Å². The van der Waals surface area contributed by atoms with E-state index in [1.807, 2.05) is 16.7 Å². The first kappa shape index (κ1) is 17.0. The number of hydrogen-bond acceptors (Lipinski definition) is 5. The van der Waals surface area contributed by atoms with Gasteiger partial charge in [0, 0.05) is 34.9 Å². The summed E-state index contributed by atoms with van der Waals surface area (Å²) in [4.78, 5) is 40.0. The quantitative estimate of drug-likeness (QED) is 0.603. The van der Waals surface area contributed by atoms with Crippen LogP contribution in [-0.4, -0.2) is 33.8 Å². The van der Waals surface area contributed by atoms with E-state index < -0.39 is 0 Å². The van der Waals surface area contributed by atoms with Gasteiger partial charge >= 0.3 is 0 Å². The number of fused-ring (bicyclic) bond motifs is 3. The van der Waals surface area contributed by atoms with Crippen LogP contribution in [-0.2, 0) is 11.3 Å². The summed E-state index contributed by atoms with van der Waals surface area (Å²) in [6, 6.07) is 7.11. The van der Waals surface area contributed by atoms with Crippen molar-refractivity contribution in [2.24, 2.45) is 0 Å². The standard InChI is InChI=1S/C18H15N5O3S/c1-2-15(24)20-14-9-27-18(21-14)22-16(25)11-4-3-10-7-13-17(26)19-5-6-23(13)12(10)8-11/h2-4,7-9H,1,5-6H2,(H,19,26)(H,20,24)(H,21,22,25). The lowest BCUT2D eigenvalue weighted by atomic mass is 10.1. The molecule has 3 N–H and O–H groups in total. The fourth-order valence-corrected chi connectivity index (χ4v) is 3.57. The highest BCUT2D eigenvalue weighted by atomic mass is 32.1. The first-order valence-electron chi connectivity index (χ1n) is 8.17. The van der Waals surface area contributed by atoms with Crippen molar-refractivity contribution < 1.29 is 14.4 Å². The molecule has 0 radical (unpaired) electrons. The molecule has 27 heavy (non-hydrogen) atoms. The van der Waals surface area contributed by atoms with Gasteiger partial charge < -0.3 is 15.2 Å². The molecule has 2 aromatic heterocycles. The Labute approximate surface area is 157 Å². The second-order valence-electron chi connectivity index (χ2n) is 5.90. The topological polar surface area (TPSA) is 105 Å². The number of nitrogens with zero attached hydrogens (tertiary/aromatic N) is 2. The predicted octanol–water partition coefficient (Wildman–Crippen LogP) is 2.22. The Morgan fingerprint density at radius 3 is 2.96 bits per heavy atom. The van der Waals surface area contributed by atoms with Gasteiger partial charge in [-0.15, -0.1) is 11.3 Å². The minimum Gasteiger partial charge on any atom is -0.349 e. The molecule has 1 aromatic carbocycles. The smallest absolute Gasteiger partial charge is 0.268 e. The van der Waals surface area contributed by atoms with E-state index in [4.69, 9.17) is 0 Å². The van der Waals surface area contributed by atoms with Gasteiger partial charge in [0.05, 0.1) is 0 Å². The minimum atomic E-state index is -0.370. The van der Waals surface area contributed by atoms with Crippen molar-refractivity contribution in [3.63, 3.8) is 0 Å². The lowest BCUT2D eigenvalue weighted by Crippen LogP contribution is -2.34. The molecule has 1 aliphatic heterocycles. The number of thiazole rings is 1. The Bertz CT molecular complexity index is 1100. The molecule has 3 heterocycles. The number of carbonyl (C=O) groups excluding carboxylic acids is 3. The molecule has 136 valence electrons. The Kier molecular flexibility index (Phi) is 4.21. The van der Waals surface area contributed by atoms with E-state index in [2.05, 4.69) is 27.5 Å². The molecular formula is C18H15N5O3S. The van der Waals surface area contributed by atoms with Gasteiger partial charge in [0.1, 0.15) is 11.5 Å². The van der Waals surface area contributed by atoms with Crippen LogP contribution in [0, 0.1) is 0 Å². The highest BCUT2D eigenvalue weighted by Gasteiger charge is 2.20. The van der Waals surface area contributed by atoms with Crippen LogP contribution in [0.4, 0.5) is 10.9 Å². The summed E-state index contributed by atoms with van der Waals surface area (Å²) in [5, 5.41) is 11.0. The van der Waals surface area contributed by atoms with Crippen molar-refractivity contribution in [2.75, 3.05) is 17.2 Å². The van der Waals surface area contributed by atoms with E-state index in [9.17, 15) is 14.4 Å². The maximum Gasteiger partial charge on any atom is 0.268 e. The molecule has 3 amide bonds. The Morgan fingerprint density at radius 2 is 2.15 bits per heavy atom. The van der Waals surface area contributed by atoms with Crippen molar-refractivity contribution in [3.05, 3.63) is 53.6 Å². The first-order valence-corrected chi connectivity index (χ1v) is 9.05. The van der Waals surface area contributed by atoms with E-state index in [0.717, 1.165) is 17.0 Å². The van der Waals surface area contributed by atoms with E-state index in [1.54, 1.807) is 17.5 Å². The van der Waals surface area contributed by atoms with Crippen molar-refractivity contribution in [2.45, 2.75) is 6.54 Å². The summed E-state index contributed by atoms with van der Waals surface area (Å²) in [5.74, 6) is -0.447. The maximum atomic E-state index is 12.6. The van der Waals surface area contributed by atoms with Crippen LogP contribution in [0.1, 0.15) is 20.8 Å². The maximum absolute atomic E-state index is 12.6. The van der Waals surface area contributed by atoms with Crippen LogP contribution in [0.15, 0.2) is 42.3 Å².